The summed E-state index contributed by atoms with van der Waals surface area (Å²) in [6.45, 7) is 21.5. The molecule has 0 aromatic heterocycles. The molecule has 0 amide bonds. The molecular weight excluding hydrogens is 632 g/mol. The van der Waals surface area contributed by atoms with E-state index in [1.807, 2.05) is 0 Å². The molecule has 2 aromatic carbocycles. The molecule has 0 aliphatic carbocycles. The molecule has 2 aromatic rings. The van der Waals surface area contributed by atoms with E-state index in [4.69, 9.17) is 37.9 Å². The fourth-order valence-electron chi connectivity index (χ4n) is 5.15. The molecule has 0 unspecified atom stereocenters. The number of rotatable bonds is 32. The molecule has 0 fully saturated rings. The molecule has 50 heavy (non-hydrogen) atoms. The predicted molar refractivity (Wildman–Crippen MR) is 207 cm³/mol. The van der Waals surface area contributed by atoms with Crippen LogP contribution in [0.3, 0.4) is 0 Å². The van der Waals surface area contributed by atoms with Gasteiger partial charge in [0.2, 0.25) is 23.0 Å². The van der Waals surface area contributed by atoms with Crippen LogP contribution in [0.1, 0.15) is 158 Å². The number of unbranched alkanes of at least 4 members (excludes halogenated alkanes) is 8. The normalized spacial score (nSPS) is 11.1. The van der Waals surface area contributed by atoms with Crippen LogP contribution in [0, 0.1) is 0 Å². The summed E-state index contributed by atoms with van der Waals surface area (Å²) in [5.74, 6) is 4.59. The average molecular weight is 705 g/mol. The van der Waals surface area contributed by atoms with Crippen LogP contribution in [-0.2, 0) is 0 Å². The quantitative estimate of drug-likeness (QED) is 0.0697. The highest BCUT2D eigenvalue weighted by Gasteiger charge is 2.35. The minimum atomic E-state index is 0.515. The highest BCUT2D eigenvalue weighted by Crippen LogP contribution is 2.62. The van der Waals surface area contributed by atoms with Gasteiger partial charge < -0.3 is 37.9 Å². The maximum Gasteiger partial charge on any atom is 0.208 e. The third kappa shape index (κ3) is 13.3. The zero-order valence-corrected chi connectivity index (χ0v) is 33.2. The Balaban J connectivity index is 3.30. The molecule has 0 atom stereocenters. The van der Waals surface area contributed by atoms with Crippen LogP contribution in [0.2, 0.25) is 0 Å². The molecule has 0 bridgehead atoms. The summed E-state index contributed by atoms with van der Waals surface area (Å²) < 4.78 is 54.0. The number of fused-ring (bicyclic) bond motifs is 1. The molecule has 288 valence electrons. The van der Waals surface area contributed by atoms with E-state index in [-0.39, 0.29) is 0 Å². The zero-order chi connectivity index (χ0) is 36.4. The summed E-state index contributed by atoms with van der Waals surface area (Å²) in [6, 6.07) is 0. The molecule has 0 saturated carbocycles. The summed E-state index contributed by atoms with van der Waals surface area (Å²) in [6.07, 6.45) is 15.1. The van der Waals surface area contributed by atoms with Crippen LogP contribution in [0.15, 0.2) is 0 Å². The van der Waals surface area contributed by atoms with Gasteiger partial charge in [-0.05, 0) is 51.4 Å². The lowest BCUT2D eigenvalue weighted by molar-refractivity contribution is 0.216. The Bertz CT molecular complexity index is 1000. The van der Waals surface area contributed by atoms with Crippen molar-refractivity contribution in [2.24, 2.45) is 0 Å². The van der Waals surface area contributed by atoms with E-state index in [1.165, 1.54) is 0 Å². The van der Waals surface area contributed by atoms with Gasteiger partial charge in [0.15, 0.2) is 23.0 Å². The lowest BCUT2D eigenvalue weighted by Gasteiger charge is -2.28. The van der Waals surface area contributed by atoms with Crippen LogP contribution in [-0.4, -0.2) is 52.9 Å². The zero-order valence-electron chi connectivity index (χ0n) is 33.2. The largest absolute Gasteiger partial charge is 0.489 e. The predicted octanol–water partition coefficient (Wildman–Crippen LogP) is 12.3. The molecule has 8 heteroatoms. The highest BCUT2D eigenvalue weighted by molar-refractivity contribution is 6.09. The Morgan fingerprint density at radius 2 is 0.360 bits per heavy atom. The molecule has 0 aliphatic rings. The summed E-state index contributed by atoms with van der Waals surface area (Å²) in [5, 5.41) is 1.47. The molecule has 2 rings (SSSR count). The Labute approximate surface area is 305 Å². The number of hydrogen-bond acceptors (Lipinski definition) is 8. The lowest BCUT2D eigenvalue weighted by atomic mass is 10.0. The molecule has 0 saturated heterocycles. The lowest BCUT2D eigenvalue weighted by Crippen LogP contribution is -2.13. The first-order valence-electron chi connectivity index (χ1n) is 20.3. The van der Waals surface area contributed by atoms with Gasteiger partial charge in [0.1, 0.15) is 0 Å². The molecule has 8 nitrogen and oxygen atoms in total. The summed E-state index contributed by atoms with van der Waals surface area (Å²) in [5.41, 5.74) is 0. The van der Waals surface area contributed by atoms with Crippen molar-refractivity contribution < 1.29 is 37.9 Å². The smallest absolute Gasteiger partial charge is 0.208 e. The summed E-state index contributed by atoms with van der Waals surface area (Å²) in [7, 11) is 0. The van der Waals surface area contributed by atoms with Gasteiger partial charge in [-0.2, -0.15) is 0 Å². The van der Waals surface area contributed by atoms with Gasteiger partial charge in [-0.15, -0.1) is 0 Å². The molecule has 0 heterocycles. The standard InChI is InChI=1S/C42H72O8/c1-9-17-25-43-35-33-34(37(45-27-19-11-3)40(48-30-22-14-6)39(35)47-29-21-13-5)38(46-28-20-12-4)42(50-32-24-16-8)41(49-31-23-15-7)36(33)44-26-18-10-2/h9-32H2,1-8H3. The fourth-order valence-corrected chi connectivity index (χ4v) is 5.15. The van der Waals surface area contributed by atoms with Crippen LogP contribution < -0.4 is 37.9 Å². The summed E-state index contributed by atoms with van der Waals surface area (Å²) >= 11 is 0. The van der Waals surface area contributed by atoms with Gasteiger partial charge in [-0.3, -0.25) is 0 Å². The SMILES string of the molecule is CCCCOc1c(OCCCC)c(OCCCC)c2c(OCCCC)c(OCCCC)c(OCCCC)c(OCCCC)c2c1OCCCC. The number of hydrogen-bond donors (Lipinski definition) is 0. The Hall–Kier alpha value is -2.90. The van der Waals surface area contributed by atoms with Crippen molar-refractivity contribution >= 4 is 10.8 Å². The third-order valence-corrected chi connectivity index (χ3v) is 8.35. The second-order valence-electron chi connectivity index (χ2n) is 13.0. The molecule has 0 spiro atoms. The first-order valence-corrected chi connectivity index (χ1v) is 20.3. The number of ether oxygens (including phenoxy) is 8. The Morgan fingerprint density at radius 3 is 0.500 bits per heavy atom. The minimum absolute atomic E-state index is 0.515. The maximum atomic E-state index is 6.80. The van der Waals surface area contributed by atoms with E-state index in [2.05, 4.69) is 55.4 Å². The highest BCUT2D eigenvalue weighted by atomic mass is 16.6. The third-order valence-electron chi connectivity index (χ3n) is 8.35. The summed E-state index contributed by atoms with van der Waals surface area (Å²) in [4.78, 5) is 0. The second-order valence-corrected chi connectivity index (χ2v) is 13.0. The number of benzene rings is 2. The van der Waals surface area contributed by atoms with Gasteiger partial charge in [0, 0.05) is 0 Å². The molecule has 0 aliphatic heterocycles. The second kappa shape index (κ2) is 26.8. The average Bonchev–Trinajstić information content (AvgIpc) is 3.12. The minimum Gasteiger partial charge on any atom is -0.489 e. The van der Waals surface area contributed by atoms with Crippen LogP contribution in [0.5, 0.6) is 46.0 Å². The van der Waals surface area contributed by atoms with Gasteiger partial charge in [-0.1, -0.05) is 107 Å². The van der Waals surface area contributed by atoms with Gasteiger partial charge >= 0.3 is 0 Å². The van der Waals surface area contributed by atoms with Crippen molar-refractivity contribution in [3.8, 4) is 46.0 Å². The molecule has 0 radical (unpaired) electrons. The monoisotopic (exact) mass is 705 g/mol. The van der Waals surface area contributed by atoms with E-state index in [1.54, 1.807) is 0 Å². The van der Waals surface area contributed by atoms with Crippen molar-refractivity contribution in [2.45, 2.75) is 158 Å². The van der Waals surface area contributed by atoms with E-state index in [0.29, 0.717) is 98.9 Å². The van der Waals surface area contributed by atoms with Crippen LogP contribution in [0.4, 0.5) is 0 Å². The molecular formula is C42H72O8. The Kier molecular flexibility index (Phi) is 23.2. The van der Waals surface area contributed by atoms with E-state index < -0.39 is 0 Å². The maximum absolute atomic E-state index is 6.80. The Morgan fingerprint density at radius 1 is 0.220 bits per heavy atom. The van der Waals surface area contributed by atoms with E-state index >= 15 is 0 Å². The van der Waals surface area contributed by atoms with Gasteiger partial charge in [-0.25, -0.2) is 0 Å². The first kappa shape index (κ1) is 43.3. The van der Waals surface area contributed by atoms with Crippen molar-refractivity contribution in [3.05, 3.63) is 0 Å². The topological polar surface area (TPSA) is 73.8 Å². The fraction of sp³-hybridized carbons (Fsp3) is 0.762. The van der Waals surface area contributed by atoms with Crippen molar-refractivity contribution in [1.82, 2.24) is 0 Å². The van der Waals surface area contributed by atoms with Crippen LogP contribution >= 0.6 is 0 Å². The van der Waals surface area contributed by atoms with Gasteiger partial charge in [0.05, 0.1) is 63.6 Å². The van der Waals surface area contributed by atoms with Crippen molar-refractivity contribution in [3.63, 3.8) is 0 Å². The van der Waals surface area contributed by atoms with E-state index in [0.717, 1.165) is 114 Å². The molecule has 0 N–H and O–H groups in total. The van der Waals surface area contributed by atoms with Crippen LogP contribution in [0.25, 0.3) is 10.8 Å². The van der Waals surface area contributed by atoms with Gasteiger partial charge in [0.25, 0.3) is 0 Å². The first-order chi connectivity index (χ1) is 24.6. The van der Waals surface area contributed by atoms with Crippen molar-refractivity contribution in [1.29, 1.82) is 0 Å². The van der Waals surface area contributed by atoms with E-state index in [9.17, 15) is 0 Å². The van der Waals surface area contributed by atoms with Crippen molar-refractivity contribution in [2.75, 3.05) is 52.9 Å².